The number of H-pyrrole nitrogens is 1. The minimum absolute atomic E-state index is 0.606. The van der Waals surface area contributed by atoms with Gasteiger partial charge in [-0.3, -0.25) is 5.10 Å². The fourth-order valence-corrected chi connectivity index (χ4v) is 3.51. The van der Waals surface area contributed by atoms with Crippen molar-refractivity contribution in [3.8, 4) is 11.6 Å². The standard InChI is InChI=1S/C13H9N5O2S2/c1-3-9(19-5-1)8-7-11(16-15-8)21-22-13-14-12(17-18-13)10-4-2-6-20-10/h1-6H,7H2,(H,14,17,18). The van der Waals surface area contributed by atoms with Gasteiger partial charge in [-0.1, -0.05) is 0 Å². The van der Waals surface area contributed by atoms with Gasteiger partial charge in [-0.15, -0.1) is 10.2 Å². The monoisotopic (exact) mass is 331 g/mol. The van der Waals surface area contributed by atoms with Crippen molar-refractivity contribution in [3.05, 3.63) is 42.6 Å². The van der Waals surface area contributed by atoms with Gasteiger partial charge >= 0.3 is 0 Å². The fraction of sp³-hybridized carbons (Fsp3) is 0.0769. The van der Waals surface area contributed by atoms with E-state index in [0.717, 1.165) is 16.5 Å². The first-order valence-electron chi connectivity index (χ1n) is 6.36. The maximum Gasteiger partial charge on any atom is 0.219 e. The van der Waals surface area contributed by atoms with Crippen LogP contribution in [-0.4, -0.2) is 25.9 Å². The van der Waals surface area contributed by atoms with Crippen LogP contribution in [0.4, 0.5) is 0 Å². The predicted molar refractivity (Wildman–Crippen MR) is 84.8 cm³/mol. The predicted octanol–water partition coefficient (Wildman–Crippen LogP) is 3.60. The van der Waals surface area contributed by atoms with Crippen molar-refractivity contribution in [2.75, 3.05) is 0 Å². The van der Waals surface area contributed by atoms with Crippen LogP contribution in [0.2, 0.25) is 0 Å². The largest absolute Gasteiger partial charge is 0.463 e. The van der Waals surface area contributed by atoms with Crippen LogP contribution in [0.5, 0.6) is 0 Å². The minimum Gasteiger partial charge on any atom is -0.463 e. The molecule has 0 bridgehead atoms. The summed E-state index contributed by atoms with van der Waals surface area (Å²) < 4.78 is 10.6. The quantitative estimate of drug-likeness (QED) is 0.734. The van der Waals surface area contributed by atoms with Gasteiger partial charge in [0, 0.05) is 6.42 Å². The van der Waals surface area contributed by atoms with Crippen molar-refractivity contribution >= 4 is 32.3 Å². The highest BCUT2D eigenvalue weighted by Crippen LogP contribution is 2.33. The zero-order valence-electron chi connectivity index (χ0n) is 11.1. The third-order valence-electron chi connectivity index (χ3n) is 2.84. The molecule has 0 atom stereocenters. The number of aromatic amines is 1. The summed E-state index contributed by atoms with van der Waals surface area (Å²) in [6, 6.07) is 7.34. The molecule has 0 aromatic carbocycles. The van der Waals surface area contributed by atoms with Gasteiger partial charge in [-0.25, -0.2) is 0 Å². The lowest BCUT2D eigenvalue weighted by Crippen LogP contribution is -1.98. The Balaban J connectivity index is 1.35. The Morgan fingerprint density at radius 1 is 1.00 bits per heavy atom. The third kappa shape index (κ3) is 2.72. The van der Waals surface area contributed by atoms with E-state index >= 15 is 0 Å². The molecule has 3 aromatic rings. The Labute approximate surface area is 132 Å². The van der Waals surface area contributed by atoms with Crippen molar-refractivity contribution in [3.63, 3.8) is 0 Å². The van der Waals surface area contributed by atoms with Crippen LogP contribution in [-0.2, 0) is 0 Å². The van der Waals surface area contributed by atoms with Gasteiger partial charge in [0.25, 0.3) is 0 Å². The molecular formula is C13H9N5O2S2. The second-order valence-electron chi connectivity index (χ2n) is 4.31. The van der Waals surface area contributed by atoms with Gasteiger partial charge in [-0.2, -0.15) is 10.1 Å². The highest BCUT2D eigenvalue weighted by Gasteiger charge is 2.18. The van der Waals surface area contributed by atoms with E-state index < -0.39 is 0 Å². The van der Waals surface area contributed by atoms with Crippen LogP contribution >= 0.6 is 21.6 Å². The molecule has 4 heterocycles. The molecule has 0 saturated heterocycles. The zero-order chi connectivity index (χ0) is 14.8. The van der Waals surface area contributed by atoms with E-state index in [0.29, 0.717) is 23.2 Å². The summed E-state index contributed by atoms with van der Waals surface area (Å²) >= 11 is 0. The van der Waals surface area contributed by atoms with E-state index in [1.165, 1.54) is 21.6 Å². The molecule has 9 heteroatoms. The second-order valence-corrected chi connectivity index (χ2v) is 6.47. The molecule has 22 heavy (non-hydrogen) atoms. The molecule has 1 N–H and O–H groups in total. The van der Waals surface area contributed by atoms with Crippen LogP contribution in [0.15, 0.2) is 61.0 Å². The molecular weight excluding hydrogens is 322 g/mol. The van der Waals surface area contributed by atoms with Crippen LogP contribution in [0.1, 0.15) is 12.2 Å². The summed E-state index contributed by atoms with van der Waals surface area (Å²) in [4.78, 5) is 4.35. The van der Waals surface area contributed by atoms with Crippen molar-refractivity contribution in [1.29, 1.82) is 0 Å². The molecule has 110 valence electrons. The van der Waals surface area contributed by atoms with Crippen LogP contribution in [0.3, 0.4) is 0 Å². The van der Waals surface area contributed by atoms with E-state index in [-0.39, 0.29) is 0 Å². The molecule has 3 aromatic heterocycles. The summed E-state index contributed by atoms with van der Waals surface area (Å²) in [6.07, 6.45) is 3.88. The Bertz CT molecular complexity index is 821. The lowest BCUT2D eigenvalue weighted by Gasteiger charge is -1.96. The van der Waals surface area contributed by atoms with E-state index in [1.807, 2.05) is 18.2 Å². The Hall–Kier alpha value is -2.26. The number of hydrogen-bond acceptors (Lipinski definition) is 8. The number of hydrogen-bond donors (Lipinski definition) is 1. The molecule has 0 fully saturated rings. The number of nitrogens with zero attached hydrogens (tertiary/aromatic N) is 4. The van der Waals surface area contributed by atoms with Crippen molar-refractivity contribution < 1.29 is 8.83 Å². The van der Waals surface area contributed by atoms with E-state index in [1.54, 1.807) is 18.6 Å². The first-order chi connectivity index (χ1) is 10.9. The van der Waals surface area contributed by atoms with Crippen LogP contribution < -0.4 is 0 Å². The first kappa shape index (κ1) is 13.4. The fourth-order valence-electron chi connectivity index (χ4n) is 1.85. The smallest absolute Gasteiger partial charge is 0.219 e. The summed E-state index contributed by atoms with van der Waals surface area (Å²) in [5.41, 5.74) is 0.833. The maximum absolute atomic E-state index is 5.31. The Morgan fingerprint density at radius 2 is 1.82 bits per heavy atom. The molecule has 7 nitrogen and oxygen atoms in total. The zero-order valence-corrected chi connectivity index (χ0v) is 12.7. The van der Waals surface area contributed by atoms with Gasteiger partial charge < -0.3 is 8.83 Å². The second kappa shape index (κ2) is 5.85. The molecule has 1 aliphatic rings. The van der Waals surface area contributed by atoms with Crippen LogP contribution in [0, 0.1) is 0 Å². The molecule has 0 aliphatic carbocycles. The highest BCUT2D eigenvalue weighted by atomic mass is 33.1. The Morgan fingerprint density at radius 3 is 2.59 bits per heavy atom. The summed E-state index contributed by atoms with van der Waals surface area (Å²) in [6.45, 7) is 0. The number of nitrogens with one attached hydrogen (secondary N) is 1. The average Bonchev–Trinajstić information content (AvgIpc) is 3.33. The number of aromatic nitrogens is 3. The summed E-state index contributed by atoms with van der Waals surface area (Å²) in [5, 5.41) is 16.8. The van der Waals surface area contributed by atoms with E-state index in [2.05, 4.69) is 25.4 Å². The molecule has 1 aliphatic heterocycles. The SMILES string of the molecule is c1coc(C2=NN=C(SSc3n[nH]c(-c4ccco4)n3)C2)c1. The van der Waals surface area contributed by atoms with Gasteiger partial charge in [0.05, 0.1) is 12.5 Å². The number of rotatable bonds is 4. The van der Waals surface area contributed by atoms with Gasteiger partial charge in [0.2, 0.25) is 5.16 Å². The third-order valence-corrected chi connectivity index (χ3v) is 4.95. The van der Waals surface area contributed by atoms with Crippen molar-refractivity contribution in [2.24, 2.45) is 10.2 Å². The van der Waals surface area contributed by atoms with Gasteiger partial charge in [-0.05, 0) is 45.9 Å². The van der Waals surface area contributed by atoms with Crippen LogP contribution in [0.25, 0.3) is 11.6 Å². The lowest BCUT2D eigenvalue weighted by molar-refractivity contribution is 0.557. The molecule has 0 radical (unpaired) electrons. The van der Waals surface area contributed by atoms with Gasteiger partial charge in [0.1, 0.15) is 16.5 Å². The first-order valence-corrected chi connectivity index (χ1v) is 8.51. The normalized spacial score (nSPS) is 14.2. The lowest BCUT2D eigenvalue weighted by atomic mass is 10.2. The average molecular weight is 331 g/mol. The highest BCUT2D eigenvalue weighted by molar-refractivity contribution is 8.82. The van der Waals surface area contributed by atoms with E-state index in [4.69, 9.17) is 8.83 Å². The van der Waals surface area contributed by atoms with Crippen molar-refractivity contribution in [1.82, 2.24) is 15.2 Å². The topological polar surface area (TPSA) is 92.6 Å². The summed E-state index contributed by atoms with van der Waals surface area (Å²) in [5.74, 6) is 2.02. The van der Waals surface area contributed by atoms with E-state index in [9.17, 15) is 0 Å². The van der Waals surface area contributed by atoms with Gasteiger partial charge in [0.15, 0.2) is 11.6 Å². The molecule has 0 saturated carbocycles. The van der Waals surface area contributed by atoms with Crippen molar-refractivity contribution in [2.45, 2.75) is 11.6 Å². The maximum atomic E-state index is 5.31. The number of furan rings is 2. The molecule has 0 spiro atoms. The molecule has 4 rings (SSSR count). The molecule has 0 unspecified atom stereocenters. The Kier molecular flexibility index (Phi) is 3.57. The minimum atomic E-state index is 0.606. The molecule has 0 amide bonds. The summed E-state index contributed by atoms with van der Waals surface area (Å²) in [7, 11) is 2.91.